The summed E-state index contributed by atoms with van der Waals surface area (Å²) >= 11 is 0. The van der Waals surface area contributed by atoms with Gasteiger partial charge >= 0.3 is 5.97 Å². The SMILES string of the molecule is Cc1ccc(OC2CCCN(CCC(=O)O)C2)cc1[N+](=O)[O-]. The molecule has 1 fully saturated rings. The first-order chi connectivity index (χ1) is 10.5. The molecule has 1 aliphatic heterocycles. The van der Waals surface area contributed by atoms with Gasteiger partial charge in [0.1, 0.15) is 11.9 Å². The molecule has 0 aromatic heterocycles. The first-order valence-electron chi connectivity index (χ1n) is 7.31. The lowest BCUT2D eigenvalue weighted by atomic mass is 10.1. The van der Waals surface area contributed by atoms with Gasteiger partial charge in [0.05, 0.1) is 17.4 Å². The van der Waals surface area contributed by atoms with Crippen LogP contribution in [-0.2, 0) is 4.79 Å². The molecule has 1 N–H and O–H groups in total. The van der Waals surface area contributed by atoms with Crippen molar-refractivity contribution in [3.63, 3.8) is 0 Å². The number of aryl methyl sites for hydroxylation is 1. The van der Waals surface area contributed by atoms with E-state index in [2.05, 4.69) is 4.90 Å². The summed E-state index contributed by atoms with van der Waals surface area (Å²) in [5.41, 5.74) is 0.653. The van der Waals surface area contributed by atoms with Gasteiger partial charge < -0.3 is 9.84 Å². The van der Waals surface area contributed by atoms with Crippen LogP contribution in [0.15, 0.2) is 18.2 Å². The quantitative estimate of drug-likeness (QED) is 0.640. The fourth-order valence-corrected chi connectivity index (χ4v) is 2.62. The maximum Gasteiger partial charge on any atom is 0.304 e. The Balaban J connectivity index is 1.96. The van der Waals surface area contributed by atoms with Crippen molar-refractivity contribution in [1.29, 1.82) is 0 Å². The average Bonchev–Trinajstić information content (AvgIpc) is 2.47. The van der Waals surface area contributed by atoms with Crippen LogP contribution in [-0.4, -0.2) is 46.6 Å². The number of nitro groups is 1. The molecule has 1 saturated heterocycles. The number of ether oxygens (including phenoxy) is 1. The van der Waals surface area contributed by atoms with E-state index in [1.165, 1.54) is 6.07 Å². The number of carboxylic acid groups (broad SMARTS) is 1. The summed E-state index contributed by atoms with van der Waals surface area (Å²) in [5.74, 6) is -0.320. The summed E-state index contributed by atoms with van der Waals surface area (Å²) in [4.78, 5) is 23.2. The molecule has 0 aliphatic carbocycles. The van der Waals surface area contributed by atoms with Crippen LogP contribution in [0.25, 0.3) is 0 Å². The maximum absolute atomic E-state index is 11.0. The minimum absolute atomic E-state index is 0.0519. The number of aliphatic carboxylic acids is 1. The first-order valence-corrected chi connectivity index (χ1v) is 7.31. The number of nitro benzene ring substituents is 1. The number of carboxylic acids is 1. The van der Waals surface area contributed by atoms with Gasteiger partial charge in [0.2, 0.25) is 0 Å². The normalized spacial score (nSPS) is 18.9. The van der Waals surface area contributed by atoms with E-state index in [0.29, 0.717) is 24.4 Å². The van der Waals surface area contributed by atoms with Crippen molar-refractivity contribution < 1.29 is 19.6 Å². The Bertz CT molecular complexity index is 561. The lowest BCUT2D eigenvalue weighted by molar-refractivity contribution is -0.385. The van der Waals surface area contributed by atoms with Gasteiger partial charge in [0, 0.05) is 18.7 Å². The van der Waals surface area contributed by atoms with Crippen molar-refractivity contribution >= 4 is 11.7 Å². The molecule has 0 bridgehead atoms. The average molecular weight is 308 g/mol. The van der Waals surface area contributed by atoms with Gasteiger partial charge in [0.25, 0.3) is 5.69 Å². The fraction of sp³-hybridized carbons (Fsp3) is 0.533. The second-order valence-electron chi connectivity index (χ2n) is 5.53. The van der Waals surface area contributed by atoms with E-state index in [-0.39, 0.29) is 18.2 Å². The molecule has 120 valence electrons. The van der Waals surface area contributed by atoms with Crippen LogP contribution in [0.2, 0.25) is 0 Å². The number of carbonyl (C=O) groups is 1. The number of piperidine rings is 1. The van der Waals surface area contributed by atoms with E-state index in [0.717, 1.165) is 19.4 Å². The van der Waals surface area contributed by atoms with Crippen molar-refractivity contribution in [3.8, 4) is 5.75 Å². The van der Waals surface area contributed by atoms with Crippen LogP contribution in [0, 0.1) is 17.0 Å². The van der Waals surface area contributed by atoms with Crippen LogP contribution < -0.4 is 4.74 Å². The first kappa shape index (κ1) is 16.2. The molecule has 0 saturated carbocycles. The lowest BCUT2D eigenvalue weighted by Crippen LogP contribution is -2.41. The van der Waals surface area contributed by atoms with Crippen molar-refractivity contribution in [2.24, 2.45) is 0 Å². The van der Waals surface area contributed by atoms with E-state index in [1.54, 1.807) is 19.1 Å². The molecule has 0 spiro atoms. The van der Waals surface area contributed by atoms with Gasteiger partial charge in [0.15, 0.2) is 0 Å². The Morgan fingerprint density at radius 3 is 3.00 bits per heavy atom. The van der Waals surface area contributed by atoms with E-state index in [9.17, 15) is 14.9 Å². The van der Waals surface area contributed by atoms with Gasteiger partial charge in [-0.3, -0.25) is 19.8 Å². The predicted molar refractivity (Wildman–Crippen MR) is 80.2 cm³/mol. The maximum atomic E-state index is 11.0. The molecule has 2 rings (SSSR count). The van der Waals surface area contributed by atoms with E-state index in [1.807, 2.05) is 0 Å². The minimum Gasteiger partial charge on any atom is -0.489 e. The van der Waals surface area contributed by atoms with Gasteiger partial charge in [-0.15, -0.1) is 0 Å². The van der Waals surface area contributed by atoms with Crippen molar-refractivity contribution in [2.45, 2.75) is 32.3 Å². The summed E-state index contributed by atoms with van der Waals surface area (Å²) in [6.07, 6.45) is 1.84. The minimum atomic E-state index is -0.808. The molecule has 1 atom stereocenters. The zero-order chi connectivity index (χ0) is 16.1. The monoisotopic (exact) mass is 308 g/mol. The zero-order valence-electron chi connectivity index (χ0n) is 12.5. The topological polar surface area (TPSA) is 92.9 Å². The fourth-order valence-electron chi connectivity index (χ4n) is 2.62. The number of hydrogen-bond acceptors (Lipinski definition) is 5. The Labute approximate surface area is 128 Å². The smallest absolute Gasteiger partial charge is 0.304 e. The molecule has 1 aromatic rings. The van der Waals surface area contributed by atoms with E-state index in [4.69, 9.17) is 9.84 Å². The molecule has 7 heteroatoms. The van der Waals surface area contributed by atoms with Crippen LogP contribution in [0.5, 0.6) is 5.75 Å². The second kappa shape index (κ2) is 7.22. The Morgan fingerprint density at radius 1 is 1.55 bits per heavy atom. The number of benzene rings is 1. The van der Waals surface area contributed by atoms with E-state index < -0.39 is 10.9 Å². The number of likely N-dealkylation sites (tertiary alicyclic amines) is 1. The third kappa shape index (κ3) is 4.42. The van der Waals surface area contributed by atoms with Gasteiger partial charge in [-0.1, -0.05) is 0 Å². The molecule has 1 aliphatic rings. The third-order valence-electron chi connectivity index (χ3n) is 3.78. The predicted octanol–water partition coefficient (Wildman–Crippen LogP) is 2.22. The lowest BCUT2D eigenvalue weighted by Gasteiger charge is -2.32. The largest absolute Gasteiger partial charge is 0.489 e. The molecule has 0 radical (unpaired) electrons. The van der Waals surface area contributed by atoms with Crippen LogP contribution in [0.1, 0.15) is 24.8 Å². The van der Waals surface area contributed by atoms with Crippen molar-refractivity contribution in [1.82, 2.24) is 4.90 Å². The Kier molecular flexibility index (Phi) is 5.32. The summed E-state index contributed by atoms with van der Waals surface area (Å²) in [7, 11) is 0. The Morgan fingerprint density at radius 2 is 2.32 bits per heavy atom. The molecule has 1 heterocycles. The Hall–Kier alpha value is -2.15. The third-order valence-corrected chi connectivity index (χ3v) is 3.78. The highest BCUT2D eigenvalue weighted by Crippen LogP contribution is 2.26. The molecule has 1 aromatic carbocycles. The highest BCUT2D eigenvalue weighted by molar-refractivity contribution is 5.66. The molecule has 1 unspecified atom stereocenters. The second-order valence-corrected chi connectivity index (χ2v) is 5.53. The number of rotatable bonds is 6. The molecular weight excluding hydrogens is 288 g/mol. The highest BCUT2D eigenvalue weighted by atomic mass is 16.6. The van der Waals surface area contributed by atoms with E-state index >= 15 is 0 Å². The summed E-state index contributed by atoms with van der Waals surface area (Å²) in [5, 5.41) is 19.7. The molecule has 22 heavy (non-hydrogen) atoms. The molecular formula is C15H20N2O5. The van der Waals surface area contributed by atoms with Crippen molar-refractivity contribution in [3.05, 3.63) is 33.9 Å². The summed E-state index contributed by atoms with van der Waals surface area (Å²) in [6, 6.07) is 4.86. The van der Waals surface area contributed by atoms with Gasteiger partial charge in [-0.2, -0.15) is 0 Å². The van der Waals surface area contributed by atoms with Gasteiger partial charge in [-0.25, -0.2) is 0 Å². The van der Waals surface area contributed by atoms with Crippen molar-refractivity contribution in [2.75, 3.05) is 19.6 Å². The molecule has 7 nitrogen and oxygen atoms in total. The number of nitrogens with zero attached hydrogens (tertiary/aromatic N) is 2. The van der Waals surface area contributed by atoms with Crippen LogP contribution >= 0.6 is 0 Å². The van der Waals surface area contributed by atoms with Gasteiger partial charge in [-0.05, 0) is 38.4 Å². The summed E-state index contributed by atoms with van der Waals surface area (Å²) < 4.78 is 5.84. The van der Waals surface area contributed by atoms with Crippen LogP contribution in [0.4, 0.5) is 5.69 Å². The van der Waals surface area contributed by atoms with Crippen LogP contribution in [0.3, 0.4) is 0 Å². The highest BCUT2D eigenvalue weighted by Gasteiger charge is 2.22. The molecule has 0 amide bonds. The summed E-state index contributed by atoms with van der Waals surface area (Å²) in [6.45, 7) is 3.70. The zero-order valence-corrected chi connectivity index (χ0v) is 12.5. The standard InChI is InChI=1S/C15H20N2O5/c1-11-4-5-12(9-14(11)17(20)21)22-13-3-2-7-16(10-13)8-6-15(18)19/h4-5,9,13H,2-3,6-8,10H2,1H3,(H,18,19). The number of hydrogen-bond donors (Lipinski definition) is 1.